The number of benzene rings is 1. The Morgan fingerprint density at radius 3 is 2.37 bits per heavy atom. The molecule has 0 heterocycles. The lowest BCUT2D eigenvalue weighted by molar-refractivity contribution is -0.140. The highest BCUT2D eigenvalue weighted by molar-refractivity contribution is 5.94. The maximum Gasteiger partial charge on any atom is 0.307 e. The molecule has 1 N–H and O–H groups in total. The van der Waals surface area contributed by atoms with Crippen LogP contribution in [0.1, 0.15) is 80.8 Å². The number of ether oxygens (including phenoxy) is 1. The number of nitrogens with zero attached hydrogens (tertiary/aromatic N) is 2. The van der Waals surface area contributed by atoms with Gasteiger partial charge in [0, 0.05) is 19.0 Å². The van der Waals surface area contributed by atoms with E-state index in [9.17, 15) is 14.4 Å². The second-order valence-electron chi connectivity index (χ2n) is 7.75. The van der Waals surface area contributed by atoms with Crippen LogP contribution in [-0.2, 0) is 14.3 Å². The minimum Gasteiger partial charge on any atom is -0.469 e. The van der Waals surface area contributed by atoms with Crippen molar-refractivity contribution >= 4 is 24.5 Å². The lowest BCUT2D eigenvalue weighted by atomic mass is 9.94. The minimum atomic E-state index is -0.546. The van der Waals surface area contributed by atoms with Gasteiger partial charge < -0.3 is 15.0 Å². The monoisotopic (exact) mass is 415 g/mol. The van der Waals surface area contributed by atoms with Gasteiger partial charge in [0.15, 0.2) is 0 Å². The summed E-state index contributed by atoms with van der Waals surface area (Å²) in [5.41, 5.74) is 0.939. The molecule has 2 rings (SSSR count). The molecule has 2 amide bonds. The zero-order chi connectivity index (χ0) is 22.1. The molecule has 0 aromatic heterocycles. The molecule has 164 valence electrons. The summed E-state index contributed by atoms with van der Waals surface area (Å²) in [6.07, 6.45) is 5.58. The van der Waals surface area contributed by atoms with Gasteiger partial charge in [-0.25, -0.2) is 0 Å². The molecule has 1 atom stereocenters. The topological polar surface area (TPSA) is 88.1 Å². The molecule has 1 saturated carbocycles. The van der Waals surface area contributed by atoms with Gasteiger partial charge in [-0.1, -0.05) is 25.5 Å². The van der Waals surface area contributed by atoms with E-state index in [0.29, 0.717) is 5.56 Å². The van der Waals surface area contributed by atoms with E-state index in [0.717, 1.165) is 44.1 Å². The minimum absolute atomic E-state index is 0.00706. The molecule has 1 aliphatic rings. The summed E-state index contributed by atoms with van der Waals surface area (Å²) in [6.45, 7) is 7.72. The van der Waals surface area contributed by atoms with Gasteiger partial charge in [0.2, 0.25) is 5.91 Å². The van der Waals surface area contributed by atoms with Crippen molar-refractivity contribution in [1.82, 2.24) is 10.2 Å². The normalized spacial score (nSPS) is 15.8. The third-order valence-electron chi connectivity index (χ3n) is 5.76. The van der Waals surface area contributed by atoms with E-state index in [4.69, 9.17) is 0 Å². The highest BCUT2D eigenvalue weighted by Crippen LogP contribution is 2.42. The molecule has 7 nitrogen and oxygen atoms in total. The van der Waals surface area contributed by atoms with Crippen molar-refractivity contribution in [2.24, 2.45) is 4.99 Å². The van der Waals surface area contributed by atoms with Crippen molar-refractivity contribution in [3.05, 3.63) is 35.4 Å². The molecule has 0 radical (unpaired) electrons. The van der Waals surface area contributed by atoms with Crippen LogP contribution in [0.4, 0.5) is 0 Å². The van der Waals surface area contributed by atoms with E-state index in [2.05, 4.69) is 28.7 Å². The average Bonchev–Trinajstić information content (AvgIpc) is 3.23. The summed E-state index contributed by atoms with van der Waals surface area (Å²) >= 11 is 0. The third-order valence-corrected chi connectivity index (χ3v) is 5.76. The van der Waals surface area contributed by atoms with Crippen molar-refractivity contribution in [3.8, 4) is 0 Å². The van der Waals surface area contributed by atoms with E-state index in [1.165, 1.54) is 7.11 Å². The van der Waals surface area contributed by atoms with E-state index < -0.39 is 5.66 Å². The molecule has 0 bridgehead atoms. The van der Waals surface area contributed by atoms with E-state index in [1.807, 2.05) is 17.0 Å². The van der Waals surface area contributed by atoms with E-state index in [-0.39, 0.29) is 36.8 Å². The smallest absolute Gasteiger partial charge is 0.307 e. The fourth-order valence-corrected chi connectivity index (χ4v) is 4.28. The van der Waals surface area contributed by atoms with Gasteiger partial charge in [0.05, 0.1) is 19.6 Å². The van der Waals surface area contributed by atoms with E-state index in [1.54, 1.807) is 19.1 Å². The maximum absolute atomic E-state index is 12.7. The number of aliphatic imine (C=N–C) groups is 1. The molecule has 1 aliphatic carbocycles. The van der Waals surface area contributed by atoms with Crippen LogP contribution in [0.2, 0.25) is 0 Å². The molecule has 0 spiro atoms. The van der Waals surface area contributed by atoms with Crippen LogP contribution in [0.3, 0.4) is 0 Å². The molecular formula is C23H33N3O4. The SMILES string of the molecule is C=NC1(N(C(C)=O)C(CCC)c2ccc(C(=O)NCCC(=O)OC)cc2)CCCC1. The number of hydrogen-bond acceptors (Lipinski definition) is 5. The fraction of sp³-hybridized carbons (Fsp3) is 0.565. The maximum atomic E-state index is 12.7. The Balaban J connectivity index is 2.21. The zero-order valence-electron chi connectivity index (χ0n) is 18.3. The first-order valence-electron chi connectivity index (χ1n) is 10.6. The van der Waals surface area contributed by atoms with E-state index >= 15 is 0 Å². The number of carbonyl (C=O) groups is 3. The summed E-state index contributed by atoms with van der Waals surface area (Å²) in [5, 5.41) is 2.71. The van der Waals surface area contributed by atoms with Gasteiger partial charge >= 0.3 is 5.97 Å². The molecule has 1 fully saturated rings. The summed E-state index contributed by atoms with van der Waals surface area (Å²) in [6, 6.07) is 7.19. The quantitative estimate of drug-likeness (QED) is 0.467. The lowest BCUT2D eigenvalue weighted by Crippen LogP contribution is -2.49. The van der Waals surface area contributed by atoms with Crippen LogP contribution in [0.5, 0.6) is 0 Å². The Morgan fingerprint density at radius 1 is 1.23 bits per heavy atom. The molecule has 30 heavy (non-hydrogen) atoms. The van der Waals surface area contributed by atoms with Crippen LogP contribution in [0.25, 0.3) is 0 Å². The number of rotatable bonds is 10. The first kappa shape index (κ1) is 23.6. The second-order valence-corrected chi connectivity index (χ2v) is 7.75. The predicted molar refractivity (Wildman–Crippen MR) is 116 cm³/mol. The Hall–Kier alpha value is -2.70. The van der Waals surface area contributed by atoms with Crippen molar-refractivity contribution in [3.63, 3.8) is 0 Å². The van der Waals surface area contributed by atoms with Crippen LogP contribution in [0.15, 0.2) is 29.3 Å². The average molecular weight is 416 g/mol. The molecule has 1 unspecified atom stereocenters. The van der Waals surface area contributed by atoms with Gasteiger partial charge in [-0.15, -0.1) is 0 Å². The number of esters is 1. The van der Waals surface area contributed by atoms with Gasteiger partial charge in [0.25, 0.3) is 5.91 Å². The first-order chi connectivity index (χ1) is 14.4. The van der Waals surface area contributed by atoms with Crippen LogP contribution in [0, 0.1) is 0 Å². The molecule has 1 aromatic rings. The Bertz CT molecular complexity index is 754. The Labute approximate surface area is 178 Å². The molecule has 0 saturated heterocycles. The van der Waals surface area contributed by atoms with Crippen LogP contribution >= 0.6 is 0 Å². The number of nitrogens with one attached hydrogen (secondary N) is 1. The lowest BCUT2D eigenvalue weighted by Gasteiger charge is -2.43. The van der Waals surface area contributed by atoms with Gasteiger partial charge in [-0.05, 0) is 56.5 Å². The van der Waals surface area contributed by atoms with Crippen LogP contribution < -0.4 is 5.32 Å². The Morgan fingerprint density at radius 2 is 1.87 bits per heavy atom. The zero-order valence-corrected chi connectivity index (χ0v) is 18.3. The molecule has 1 aromatic carbocycles. The standard InChI is InChI=1S/C23H33N3O4/c1-5-8-20(26(17(2)27)23(24-3)14-6-7-15-23)18-9-11-19(12-10-18)22(29)25-16-13-21(28)30-4/h9-12,20H,3,5-8,13-16H2,1-2,4H3,(H,25,29). The number of methoxy groups -OCH3 is 1. The molecular weight excluding hydrogens is 382 g/mol. The summed E-state index contributed by atoms with van der Waals surface area (Å²) < 4.78 is 4.57. The van der Waals surface area contributed by atoms with Crippen molar-refractivity contribution in [2.45, 2.75) is 70.5 Å². The summed E-state index contributed by atoms with van der Waals surface area (Å²) in [5.74, 6) is -0.623. The van der Waals surface area contributed by atoms with Gasteiger partial charge in [-0.2, -0.15) is 0 Å². The van der Waals surface area contributed by atoms with Crippen LogP contribution in [-0.4, -0.2) is 48.7 Å². The number of amides is 2. The molecule has 7 heteroatoms. The van der Waals surface area contributed by atoms with Crippen molar-refractivity contribution < 1.29 is 19.1 Å². The highest BCUT2D eigenvalue weighted by atomic mass is 16.5. The number of carbonyl (C=O) groups excluding carboxylic acids is 3. The summed E-state index contributed by atoms with van der Waals surface area (Å²) in [7, 11) is 1.32. The van der Waals surface area contributed by atoms with Crippen molar-refractivity contribution in [2.75, 3.05) is 13.7 Å². The third kappa shape index (κ3) is 5.46. The first-order valence-corrected chi connectivity index (χ1v) is 10.6. The van der Waals surface area contributed by atoms with Gasteiger partial charge in [0.1, 0.15) is 5.66 Å². The Kier molecular flexibility index (Phi) is 8.57. The summed E-state index contributed by atoms with van der Waals surface area (Å²) in [4.78, 5) is 42.5. The largest absolute Gasteiger partial charge is 0.469 e. The van der Waals surface area contributed by atoms with Gasteiger partial charge in [-0.3, -0.25) is 19.4 Å². The number of hydrogen-bond donors (Lipinski definition) is 1. The molecule has 0 aliphatic heterocycles. The second kappa shape index (κ2) is 10.9. The van der Waals surface area contributed by atoms with Crippen molar-refractivity contribution in [1.29, 1.82) is 0 Å². The predicted octanol–water partition coefficient (Wildman–Crippen LogP) is 3.64. The fourth-order valence-electron chi connectivity index (χ4n) is 4.28. The highest BCUT2D eigenvalue weighted by Gasteiger charge is 2.43.